The normalized spacial score (nSPS) is 16.3. The highest BCUT2D eigenvalue weighted by molar-refractivity contribution is 7.15. The summed E-state index contributed by atoms with van der Waals surface area (Å²) in [6.45, 7) is 1.13. The van der Waals surface area contributed by atoms with Crippen LogP contribution < -0.4 is 5.32 Å². The number of aryl methyl sites for hydroxylation is 1. The monoisotopic (exact) mass is 221 g/mol. The maximum absolute atomic E-state index is 4.56. The van der Waals surface area contributed by atoms with E-state index in [4.69, 9.17) is 0 Å². The zero-order valence-corrected chi connectivity index (χ0v) is 9.46. The van der Waals surface area contributed by atoms with Crippen molar-refractivity contribution in [1.29, 1.82) is 0 Å². The molecule has 0 unspecified atom stereocenters. The predicted octanol–water partition coefficient (Wildman–Crippen LogP) is 2.08. The van der Waals surface area contributed by atoms with Gasteiger partial charge in [-0.05, 0) is 32.2 Å². The first kappa shape index (κ1) is 9.36. The van der Waals surface area contributed by atoms with E-state index >= 15 is 0 Å². The van der Waals surface area contributed by atoms with Gasteiger partial charge in [0.05, 0.1) is 5.69 Å². The molecular formula is C11H15N3S. The SMILES string of the molecule is c1cn2cc(CCCNC3CC3)nc2s1. The van der Waals surface area contributed by atoms with Gasteiger partial charge in [-0.2, -0.15) is 0 Å². The Labute approximate surface area is 93.1 Å². The van der Waals surface area contributed by atoms with Crippen LogP contribution in [0.1, 0.15) is 25.0 Å². The molecule has 80 valence electrons. The summed E-state index contributed by atoms with van der Waals surface area (Å²) in [7, 11) is 0. The van der Waals surface area contributed by atoms with Gasteiger partial charge in [-0.1, -0.05) is 0 Å². The minimum atomic E-state index is 0.829. The summed E-state index contributed by atoms with van der Waals surface area (Å²) < 4.78 is 2.11. The molecule has 4 heteroatoms. The van der Waals surface area contributed by atoms with Gasteiger partial charge in [0.25, 0.3) is 0 Å². The summed E-state index contributed by atoms with van der Waals surface area (Å²) in [5.74, 6) is 0. The Morgan fingerprint density at radius 2 is 2.47 bits per heavy atom. The number of imidazole rings is 1. The van der Waals surface area contributed by atoms with Gasteiger partial charge in [0, 0.05) is 23.8 Å². The smallest absolute Gasteiger partial charge is 0.193 e. The second-order valence-corrected chi connectivity index (χ2v) is 5.03. The van der Waals surface area contributed by atoms with Gasteiger partial charge in [-0.25, -0.2) is 4.98 Å². The van der Waals surface area contributed by atoms with Crippen LogP contribution in [0.15, 0.2) is 17.8 Å². The van der Waals surface area contributed by atoms with Gasteiger partial charge in [-0.15, -0.1) is 11.3 Å². The molecule has 2 aromatic rings. The molecule has 1 aliphatic rings. The fourth-order valence-electron chi connectivity index (χ4n) is 1.76. The van der Waals surface area contributed by atoms with Gasteiger partial charge in [0.1, 0.15) is 0 Å². The summed E-state index contributed by atoms with van der Waals surface area (Å²) in [5, 5.41) is 5.59. The highest BCUT2D eigenvalue weighted by atomic mass is 32.1. The van der Waals surface area contributed by atoms with E-state index in [2.05, 4.69) is 32.5 Å². The lowest BCUT2D eigenvalue weighted by molar-refractivity contribution is 0.642. The van der Waals surface area contributed by atoms with Crippen LogP contribution in [-0.2, 0) is 6.42 Å². The molecule has 0 spiro atoms. The average molecular weight is 221 g/mol. The van der Waals surface area contributed by atoms with Crippen LogP contribution in [0, 0.1) is 0 Å². The van der Waals surface area contributed by atoms with E-state index in [9.17, 15) is 0 Å². The van der Waals surface area contributed by atoms with Crippen LogP contribution in [0.25, 0.3) is 4.96 Å². The van der Waals surface area contributed by atoms with Crippen molar-refractivity contribution in [2.45, 2.75) is 31.7 Å². The molecule has 1 aliphatic carbocycles. The molecule has 2 aromatic heterocycles. The summed E-state index contributed by atoms with van der Waals surface area (Å²) in [4.78, 5) is 5.67. The molecule has 0 amide bonds. The van der Waals surface area contributed by atoms with Crippen molar-refractivity contribution in [3.63, 3.8) is 0 Å². The standard InChI is InChI=1S/C11H15N3S/c1(5-12-9-3-4-9)2-10-8-14-6-7-15-11(14)13-10/h6-9,12H,1-5H2. The Morgan fingerprint density at radius 1 is 1.53 bits per heavy atom. The first-order valence-electron chi connectivity index (χ1n) is 5.56. The summed E-state index contributed by atoms with van der Waals surface area (Å²) in [6.07, 6.45) is 9.25. The van der Waals surface area contributed by atoms with Crippen molar-refractivity contribution in [2.24, 2.45) is 0 Å². The van der Waals surface area contributed by atoms with Crippen molar-refractivity contribution in [3.05, 3.63) is 23.5 Å². The van der Waals surface area contributed by atoms with Crippen molar-refractivity contribution in [1.82, 2.24) is 14.7 Å². The minimum Gasteiger partial charge on any atom is -0.314 e. The third kappa shape index (κ3) is 2.21. The Balaban J connectivity index is 1.51. The van der Waals surface area contributed by atoms with E-state index in [1.54, 1.807) is 11.3 Å². The minimum absolute atomic E-state index is 0.829. The lowest BCUT2D eigenvalue weighted by Crippen LogP contribution is -2.17. The molecule has 1 saturated carbocycles. The number of fused-ring (bicyclic) bond motifs is 1. The first-order valence-corrected chi connectivity index (χ1v) is 6.44. The molecule has 2 heterocycles. The zero-order valence-electron chi connectivity index (χ0n) is 8.65. The van der Waals surface area contributed by atoms with Crippen molar-refractivity contribution in [2.75, 3.05) is 6.54 Å². The Kier molecular flexibility index (Phi) is 2.46. The Hall–Kier alpha value is -0.870. The van der Waals surface area contributed by atoms with Crippen molar-refractivity contribution >= 4 is 16.3 Å². The molecule has 3 rings (SSSR count). The van der Waals surface area contributed by atoms with Crippen LogP contribution >= 0.6 is 11.3 Å². The Bertz CT molecular complexity index is 413. The van der Waals surface area contributed by atoms with Gasteiger partial charge < -0.3 is 5.32 Å². The molecule has 0 bridgehead atoms. The molecule has 15 heavy (non-hydrogen) atoms. The number of nitrogens with zero attached hydrogens (tertiary/aromatic N) is 2. The topological polar surface area (TPSA) is 29.3 Å². The van der Waals surface area contributed by atoms with Gasteiger partial charge >= 0.3 is 0 Å². The van der Waals surface area contributed by atoms with E-state index in [0.29, 0.717) is 0 Å². The average Bonchev–Trinajstić information content (AvgIpc) is 2.81. The van der Waals surface area contributed by atoms with E-state index < -0.39 is 0 Å². The number of rotatable bonds is 5. The highest BCUT2D eigenvalue weighted by Gasteiger charge is 2.19. The van der Waals surface area contributed by atoms with Crippen molar-refractivity contribution in [3.8, 4) is 0 Å². The third-order valence-corrected chi connectivity index (χ3v) is 3.53. The number of thiazole rings is 1. The zero-order chi connectivity index (χ0) is 10.1. The van der Waals surface area contributed by atoms with Crippen LogP contribution in [0.2, 0.25) is 0 Å². The fourth-order valence-corrected chi connectivity index (χ4v) is 2.48. The van der Waals surface area contributed by atoms with E-state index in [1.807, 2.05) is 0 Å². The second-order valence-electron chi connectivity index (χ2n) is 4.16. The van der Waals surface area contributed by atoms with E-state index in [0.717, 1.165) is 24.0 Å². The number of hydrogen-bond donors (Lipinski definition) is 1. The molecule has 0 saturated heterocycles. The number of aromatic nitrogens is 2. The second kappa shape index (κ2) is 3.94. The highest BCUT2D eigenvalue weighted by Crippen LogP contribution is 2.18. The fraction of sp³-hybridized carbons (Fsp3) is 0.545. The van der Waals surface area contributed by atoms with E-state index in [1.165, 1.54) is 25.0 Å². The van der Waals surface area contributed by atoms with Crippen LogP contribution in [-0.4, -0.2) is 22.0 Å². The molecule has 0 aromatic carbocycles. The largest absolute Gasteiger partial charge is 0.314 e. The molecule has 3 nitrogen and oxygen atoms in total. The van der Waals surface area contributed by atoms with Crippen LogP contribution in [0.5, 0.6) is 0 Å². The van der Waals surface area contributed by atoms with Gasteiger partial charge in [0.2, 0.25) is 0 Å². The molecule has 1 N–H and O–H groups in total. The molecule has 1 fully saturated rings. The van der Waals surface area contributed by atoms with Crippen LogP contribution in [0.3, 0.4) is 0 Å². The molecule has 0 aliphatic heterocycles. The summed E-state index contributed by atoms with van der Waals surface area (Å²) in [6, 6.07) is 0.829. The van der Waals surface area contributed by atoms with Crippen molar-refractivity contribution < 1.29 is 0 Å². The molecular weight excluding hydrogens is 206 g/mol. The number of hydrogen-bond acceptors (Lipinski definition) is 3. The molecule has 0 radical (unpaired) electrons. The summed E-state index contributed by atoms with van der Waals surface area (Å²) >= 11 is 1.70. The maximum Gasteiger partial charge on any atom is 0.193 e. The predicted molar refractivity (Wildman–Crippen MR) is 62.4 cm³/mol. The summed E-state index contributed by atoms with van der Waals surface area (Å²) in [5.41, 5.74) is 1.22. The first-order chi connectivity index (χ1) is 7.42. The third-order valence-electron chi connectivity index (χ3n) is 2.76. The van der Waals surface area contributed by atoms with Gasteiger partial charge in [0.15, 0.2) is 4.96 Å². The van der Waals surface area contributed by atoms with Gasteiger partial charge in [-0.3, -0.25) is 4.40 Å². The molecule has 0 atom stereocenters. The lowest BCUT2D eigenvalue weighted by atomic mass is 10.2. The number of nitrogens with one attached hydrogen (secondary N) is 1. The lowest BCUT2D eigenvalue weighted by Gasteiger charge is -1.99. The Morgan fingerprint density at radius 3 is 3.27 bits per heavy atom. The quantitative estimate of drug-likeness (QED) is 0.783. The van der Waals surface area contributed by atoms with Crippen LogP contribution in [0.4, 0.5) is 0 Å². The van der Waals surface area contributed by atoms with E-state index in [-0.39, 0.29) is 0 Å². The maximum atomic E-state index is 4.56.